The van der Waals surface area contributed by atoms with Crippen molar-refractivity contribution in [3.8, 4) is 0 Å². The van der Waals surface area contributed by atoms with Gasteiger partial charge in [0.05, 0.1) is 12.7 Å². The van der Waals surface area contributed by atoms with Crippen molar-refractivity contribution < 1.29 is 28.6 Å². The molecular weight excluding hydrogens is 563 g/mol. The van der Waals surface area contributed by atoms with Gasteiger partial charge in [0.2, 0.25) is 17.7 Å². The summed E-state index contributed by atoms with van der Waals surface area (Å²) in [6.45, 7) is 2.72. The van der Waals surface area contributed by atoms with Crippen LogP contribution < -0.4 is 10.6 Å². The average molecular weight is 607 g/mol. The number of amides is 3. The quantitative estimate of drug-likeness (QED) is 0.260. The molecule has 1 aliphatic heterocycles. The van der Waals surface area contributed by atoms with Gasteiger partial charge in [-0.3, -0.25) is 14.4 Å². The largest absolute Gasteiger partial charge is 0.392 e. The van der Waals surface area contributed by atoms with Crippen LogP contribution in [0.5, 0.6) is 0 Å². The number of hydrogen-bond acceptors (Lipinski definition) is 6. The minimum atomic E-state index is -0.973. The van der Waals surface area contributed by atoms with Crippen LogP contribution in [0.2, 0.25) is 0 Å². The molecule has 0 unspecified atom stereocenters. The average Bonchev–Trinajstić information content (AvgIpc) is 3.54. The molecule has 0 aliphatic carbocycles. The SMILES string of the molecule is C[C@@H](O)CNC(=O)[C@@H](Cc1ccc(F)cc1)N(C)C(=O)[C@@H](Cc1ccc2ccccc2c1)N(C)C(=O)COC[C@@H]1CCCN1. The summed E-state index contributed by atoms with van der Waals surface area (Å²) in [4.78, 5) is 43.7. The minimum Gasteiger partial charge on any atom is -0.392 e. The van der Waals surface area contributed by atoms with Crippen LogP contribution >= 0.6 is 0 Å². The summed E-state index contributed by atoms with van der Waals surface area (Å²) >= 11 is 0. The third-order valence-corrected chi connectivity index (χ3v) is 8.13. The van der Waals surface area contributed by atoms with E-state index in [0.29, 0.717) is 12.2 Å². The smallest absolute Gasteiger partial charge is 0.249 e. The Balaban J connectivity index is 1.58. The van der Waals surface area contributed by atoms with Gasteiger partial charge in [-0.05, 0) is 60.3 Å². The van der Waals surface area contributed by atoms with Gasteiger partial charge in [0, 0.05) is 39.5 Å². The normalized spacial score (nSPS) is 16.7. The molecule has 0 saturated carbocycles. The molecule has 1 fully saturated rings. The van der Waals surface area contributed by atoms with Crippen LogP contribution in [-0.4, -0.2) is 97.3 Å². The van der Waals surface area contributed by atoms with Crippen molar-refractivity contribution in [3.63, 3.8) is 0 Å². The first-order valence-electron chi connectivity index (χ1n) is 15.1. The van der Waals surface area contributed by atoms with Crippen LogP contribution in [0.25, 0.3) is 10.8 Å². The molecule has 1 aliphatic rings. The Bertz CT molecular complexity index is 1410. The van der Waals surface area contributed by atoms with Gasteiger partial charge < -0.3 is 30.3 Å². The van der Waals surface area contributed by atoms with Gasteiger partial charge in [0.15, 0.2) is 0 Å². The fraction of sp³-hybridized carbons (Fsp3) is 0.441. The number of carbonyl (C=O) groups is 3. The van der Waals surface area contributed by atoms with Crippen molar-refractivity contribution in [2.75, 3.05) is 40.4 Å². The maximum atomic E-state index is 14.3. The molecule has 1 saturated heterocycles. The molecule has 0 spiro atoms. The second-order valence-electron chi connectivity index (χ2n) is 11.6. The number of carbonyl (C=O) groups excluding carboxylic acids is 3. The number of nitrogens with one attached hydrogen (secondary N) is 2. The Morgan fingerprint density at radius 1 is 0.977 bits per heavy atom. The first kappa shape index (κ1) is 33.0. The molecule has 3 N–H and O–H groups in total. The summed E-state index contributed by atoms with van der Waals surface area (Å²) in [6, 6.07) is 17.9. The van der Waals surface area contributed by atoms with E-state index in [9.17, 15) is 23.9 Å². The van der Waals surface area contributed by atoms with Crippen LogP contribution in [-0.2, 0) is 32.0 Å². The molecule has 10 heteroatoms. The second kappa shape index (κ2) is 15.7. The highest BCUT2D eigenvalue weighted by Crippen LogP contribution is 2.20. The maximum Gasteiger partial charge on any atom is 0.249 e. The lowest BCUT2D eigenvalue weighted by molar-refractivity contribution is -0.149. The van der Waals surface area contributed by atoms with Gasteiger partial charge >= 0.3 is 0 Å². The van der Waals surface area contributed by atoms with E-state index >= 15 is 0 Å². The van der Waals surface area contributed by atoms with Crippen molar-refractivity contribution >= 4 is 28.5 Å². The number of aliphatic hydroxyl groups excluding tert-OH is 1. The maximum absolute atomic E-state index is 14.3. The number of halogens is 1. The summed E-state index contributed by atoms with van der Waals surface area (Å²) in [5.74, 6) is -1.64. The predicted octanol–water partition coefficient (Wildman–Crippen LogP) is 2.68. The number of rotatable bonds is 14. The predicted molar refractivity (Wildman–Crippen MR) is 167 cm³/mol. The molecule has 44 heavy (non-hydrogen) atoms. The number of aliphatic hydroxyl groups is 1. The lowest BCUT2D eigenvalue weighted by atomic mass is 9.98. The summed E-state index contributed by atoms with van der Waals surface area (Å²) in [6.07, 6.45) is 1.62. The Hall–Kier alpha value is -3.86. The summed E-state index contributed by atoms with van der Waals surface area (Å²) in [5, 5.41) is 17.9. The van der Waals surface area contributed by atoms with E-state index in [0.717, 1.165) is 35.7 Å². The highest BCUT2D eigenvalue weighted by atomic mass is 19.1. The molecule has 4 atom stereocenters. The lowest BCUT2D eigenvalue weighted by Gasteiger charge is -2.35. The first-order valence-corrected chi connectivity index (χ1v) is 15.1. The molecule has 0 radical (unpaired) electrons. The van der Waals surface area contributed by atoms with Crippen molar-refractivity contribution in [1.29, 1.82) is 0 Å². The number of ether oxygens (including phenoxy) is 1. The summed E-state index contributed by atoms with van der Waals surface area (Å²) in [5.41, 5.74) is 1.52. The van der Waals surface area contributed by atoms with E-state index in [-0.39, 0.29) is 37.9 Å². The summed E-state index contributed by atoms with van der Waals surface area (Å²) in [7, 11) is 3.12. The number of hydrogen-bond donors (Lipinski definition) is 3. The van der Waals surface area contributed by atoms with Gasteiger partial charge in [-0.25, -0.2) is 4.39 Å². The Morgan fingerprint density at radius 3 is 2.34 bits per heavy atom. The third-order valence-electron chi connectivity index (χ3n) is 8.13. The first-order chi connectivity index (χ1) is 21.1. The molecular formula is C34H43FN4O5. The van der Waals surface area contributed by atoms with E-state index in [1.54, 1.807) is 26.1 Å². The van der Waals surface area contributed by atoms with Crippen molar-refractivity contribution in [2.24, 2.45) is 0 Å². The van der Waals surface area contributed by atoms with Crippen molar-refractivity contribution in [1.82, 2.24) is 20.4 Å². The standard InChI is InChI=1S/C34H43FN4O5/c1-23(40)20-37-33(42)30(18-24-11-14-28(35)15-12-24)39(3)34(43)31(19-25-10-13-26-7-4-5-8-27(26)17-25)38(2)32(41)22-44-21-29-9-6-16-36-29/h4-5,7-8,10-15,17,23,29-31,36,40H,6,9,16,18-22H2,1-3H3,(H,37,42)/t23-,29+,30-,31-/m1/s1. The second-order valence-corrected chi connectivity index (χ2v) is 11.6. The van der Waals surface area contributed by atoms with Crippen LogP contribution in [0.4, 0.5) is 4.39 Å². The van der Waals surface area contributed by atoms with Crippen LogP contribution in [0.3, 0.4) is 0 Å². The Labute approximate surface area is 258 Å². The van der Waals surface area contributed by atoms with Gasteiger partial charge in [-0.1, -0.05) is 54.6 Å². The van der Waals surface area contributed by atoms with E-state index in [2.05, 4.69) is 10.6 Å². The number of nitrogens with zero attached hydrogens (tertiary/aromatic N) is 2. The zero-order valence-electron chi connectivity index (χ0n) is 25.7. The molecule has 0 bridgehead atoms. The molecule has 236 valence electrons. The topological polar surface area (TPSA) is 111 Å². The number of fused-ring (bicyclic) bond motifs is 1. The molecule has 1 heterocycles. The highest BCUT2D eigenvalue weighted by Gasteiger charge is 2.35. The van der Waals surface area contributed by atoms with Crippen LogP contribution in [0.15, 0.2) is 66.7 Å². The fourth-order valence-electron chi connectivity index (χ4n) is 5.45. The number of likely N-dealkylation sites (N-methyl/N-ethyl adjacent to an activating group) is 2. The van der Waals surface area contributed by atoms with E-state index < -0.39 is 35.8 Å². The van der Waals surface area contributed by atoms with E-state index in [4.69, 9.17) is 4.74 Å². The summed E-state index contributed by atoms with van der Waals surface area (Å²) < 4.78 is 19.3. The monoisotopic (exact) mass is 606 g/mol. The third kappa shape index (κ3) is 9.07. The van der Waals surface area contributed by atoms with Crippen LogP contribution in [0, 0.1) is 5.82 Å². The molecule has 4 rings (SSSR count). The zero-order chi connectivity index (χ0) is 31.6. The molecule has 3 aromatic carbocycles. The van der Waals surface area contributed by atoms with Crippen molar-refractivity contribution in [2.45, 2.75) is 56.8 Å². The van der Waals surface area contributed by atoms with Gasteiger partial charge in [0.25, 0.3) is 0 Å². The minimum absolute atomic E-state index is 0.00682. The van der Waals surface area contributed by atoms with E-state index in [1.807, 2.05) is 42.5 Å². The number of benzene rings is 3. The van der Waals surface area contributed by atoms with Gasteiger partial charge in [-0.2, -0.15) is 0 Å². The Morgan fingerprint density at radius 2 is 1.66 bits per heavy atom. The van der Waals surface area contributed by atoms with Gasteiger partial charge in [0.1, 0.15) is 24.5 Å². The lowest BCUT2D eigenvalue weighted by Crippen LogP contribution is -2.56. The fourth-order valence-corrected chi connectivity index (χ4v) is 5.45. The molecule has 3 amide bonds. The van der Waals surface area contributed by atoms with Gasteiger partial charge in [-0.15, -0.1) is 0 Å². The molecule has 3 aromatic rings. The van der Waals surface area contributed by atoms with Crippen LogP contribution in [0.1, 0.15) is 30.9 Å². The zero-order valence-corrected chi connectivity index (χ0v) is 25.7. The molecule has 9 nitrogen and oxygen atoms in total. The Kier molecular flexibility index (Phi) is 11.8. The molecule has 0 aromatic heterocycles. The van der Waals surface area contributed by atoms with Crippen molar-refractivity contribution in [3.05, 3.63) is 83.7 Å². The highest BCUT2D eigenvalue weighted by molar-refractivity contribution is 5.92. The van der Waals surface area contributed by atoms with E-state index in [1.165, 1.54) is 29.0 Å².